The third-order valence-electron chi connectivity index (χ3n) is 9.26. The van der Waals surface area contributed by atoms with Crippen molar-refractivity contribution < 1.29 is 4.74 Å². The van der Waals surface area contributed by atoms with Crippen molar-refractivity contribution in [2.24, 2.45) is 11.6 Å². The number of hydrogen-bond acceptors (Lipinski definition) is 10. The summed E-state index contributed by atoms with van der Waals surface area (Å²) in [6.45, 7) is 8.94. The molecule has 52 heavy (non-hydrogen) atoms. The zero-order valence-electron chi connectivity index (χ0n) is 29.5. The molecule has 5 aromatic rings. The fraction of sp³-hybridized carbons (Fsp3) is 0.275. The summed E-state index contributed by atoms with van der Waals surface area (Å²) in [6.07, 6.45) is 6.94. The van der Waals surface area contributed by atoms with Crippen molar-refractivity contribution in [2.45, 2.75) is 57.8 Å². The number of rotatable bonds is 11. The van der Waals surface area contributed by atoms with E-state index in [1.165, 1.54) is 6.20 Å². The number of fused-ring (bicyclic) bond motifs is 1. The van der Waals surface area contributed by atoms with Gasteiger partial charge < -0.3 is 26.1 Å². The van der Waals surface area contributed by atoms with Crippen molar-refractivity contribution in [3.63, 3.8) is 0 Å². The Hall–Kier alpha value is -5.05. The number of hydrogen-bond donors (Lipinski definition) is 4. The molecule has 0 amide bonds. The Bertz CT molecular complexity index is 2070. The number of hydrazine groups is 1. The van der Waals surface area contributed by atoms with E-state index < -0.39 is 6.04 Å². The number of aromatic nitrogens is 2. The summed E-state index contributed by atoms with van der Waals surface area (Å²) in [6, 6.07) is 26.6. The molecule has 0 unspecified atom stereocenters. The van der Waals surface area contributed by atoms with Crippen LogP contribution >= 0.6 is 23.2 Å². The van der Waals surface area contributed by atoms with Gasteiger partial charge in [-0.15, -0.1) is 0 Å². The maximum absolute atomic E-state index is 10.1. The first-order chi connectivity index (χ1) is 25.0. The average Bonchev–Trinajstić information content (AvgIpc) is 3.14. The van der Waals surface area contributed by atoms with Gasteiger partial charge in [-0.05, 0) is 81.6 Å². The molecule has 6 rings (SSSR count). The van der Waals surface area contributed by atoms with E-state index in [1.807, 2.05) is 72.9 Å². The molecular formula is C40H43Cl2N9O. The van der Waals surface area contributed by atoms with Gasteiger partial charge in [-0.2, -0.15) is 5.26 Å². The van der Waals surface area contributed by atoms with Gasteiger partial charge in [0.05, 0.1) is 44.2 Å². The molecule has 268 valence electrons. The van der Waals surface area contributed by atoms with Crippen LogP contribution in [0.25, 0.3) is 10.9 Å². The summed E-state index contributed by atoms with van der Waals surface area (Å²) < 4.78 is 5.90. The number of ether oxygens (including phenoxy) is 1. The molecule has 0 radical (unpaired) electrons. The number of likely N-dealkylation sites (tertiary alicyclic amines) is 1. The Balaban J connectivity index is 1.28. The van der Waals surface area contributed by atoms with Crippen LogP contribution in [0.3, 0.4) is 0 Å². The molecule has 12 heteroatoms. The van der Waals surface area contributed by atoms with Crippen molar-refractivity contribution in [1.82, 2.24) is 19.9 Å². The minimum Gasteiger partial charge on any atom is -0.486 e. The van der Waals surface area contributed by atoms with E-state index in [2.05, 4.69) is 52.3 Å². The van der Waals surface area contributed by atoms with E-state index in [4.69, 9.17) is 39.5 Å². The van der Waals surface area contributed by atoms with Gasteiger partial charge in [-0.1, -0.05) is 59.6 Å². The zero-order valence-corrected chi connectivity index (χ0v) is 31.0. The van der Waals surface area contributed by atoms with Gasteiger partial charge in [-0.3, -0.25) is 14.9 Å². The topological polar surface area (TPSA) is 141 Å². The van der Waals surface area contributed by atoms with E-state index in [0.29, 0.717) is 55.0 Å². The molecule has 0 saturated carbocycles. The Morgan fingerprint density at radius 1 is 1.02 bits per heavy atom. The van der Waals surface area contributed by atoms with E-state index >= 15 is 0 Å². The first kappa shape index (κ1) is 36.7. The van der Waals surface area contributed by atoms with Gasteiger partial charge in [0.1, 0.15) is 18.4 Å². The normalized spacial score (nSPS) is 14.8. The summed E-state index contributed by atoms with van der Waals surface area (Å²) in [5.74, 6) is 7.15. The Kier molecular flexibility index (Phi) is 11.4. The number of nitrogens with two attached hydrogens (primary N) is 2. The highest BCUT2D eigenvalue weighted by Gasteiger charge is 2.29. The van der Waals surface area contributed by atoms with Crippen LogP contribution in [-0.2, 0) is 6.61 Å². The predicted molar refractivity (Wildman–Crippen MR) is 210 cm³/mol. The van der Waals surface area contributed by atoms with Crippen LogP contribution in [0.15, 0.2) is 103 Å². The molecule has 6 N–H and O–H groups in total. The van der Waals surface area contributed by atoms with Crippen LogP contribution in [0, 0.1) is 11.3 Å². The Morgan fingerprint density at radius 2 is 1.75 bits per heavy atom. The van der Waals surface area contributed by atoms with Crippen molar-refractivity contribution in [1.29, 1.82) is 5.26 Å². The van der Waals surface area contributed by atoms with Gasteiger partial charge in [0, 0.05) is 60.0 Å². The fourth-order valence-corrected chi connectivity index (χ4v) is 6.90. The molecule has 1 fully saturated rings. The second-order valence-electron chi connectivity index (χ2n) is 13.8. The lowest BCUT2D eigenvalue weighted by atomic mass is 9.97. The highest BCUT2D eigenvalue weighted by Crippen LogP contribution is 2.38. The van der Waals surface area contributed by atoms with E-state index in [-0.39, 0.29) is 18.2 Å². The summed E-state index contributed by atoms with van der Waals surface area (Å²) >= 11 is 13.5. The van der Waals surface area contributed by atoms with Crippen molar-refractivity contribution in [3.05, 3.63) is 130 Å². The monoisotopic (exact) mass is 735 g/mol. The van der Waals surface area contributed by atoms with E-state index in [1.54, 1.807) is 23.3 Å². The molecule has 10 nitrogen and oxygen atoms in total. The van der Waals surface area contributed by atoms with Crippen LogP contribution in [0.4, 0.5) is 17.1 Å². The molecule has 1 atom stereocenters. The smallest absolute Gasteiger partial charge is 0.138 e. The maximum atomic E-state index is 10.1. The molecular weight excluding hydrogens is 693 g/mol. The zero-order chi connectivity index (χ0) is 36.8. The van der Waals surface area contributed by atoms with Crippen LogP contribution in [-0.4, -0.2) is 44.5 Å². The summed E-state index contributed by atoms with van der Waals surface area (Å²) in [7, 11) is 0. The van der Waals surface area contributed by atoms with Crippen LogP contribution in [0.2, 0.25) is 10.0 Å². The number of halogens is 2. The second kappa shape index (κ2) is 16.1. The van der Waals surface area contributed by atoms with Gasteiger partial charge in [-0.25, -0.2) is 5.84 Å². The van der Waals surface area contributed by atoms with Crippen LogP contribution in [0.5, 0.6) is 5.75 Å². The molecule has 0 spiro atoms. The van der Waals surface area contributed by atoms with Crippen molar-refractivity contribution in [2.75, 3.05) is 23.7 Å². The predicted octanol–water partition coefficient (Wildman–Crippen LogP) is 8.52. The summed E-state index contributed by atoms with van der Waals surface area (Å²) in [5, 5.41) is 20.3. The number of pyridine rings is 2. The molecule has 1 saturated heterocycles. The van der Waals surface area contributed by atoms with Gasteiger partial charge in [0.2, 0.25) is 0 Å². The lowest BCUT2D eigenvalue weighted by Gasteiger charge is -2.42. The third-order valence-corrected chi connectivity index (χ3v) is 9.84. The minimum atomic E-state index is -0.434. The van der Waals surface area contributed by atoms with E-state index in [9.17, 15) is 5.26 Å². The first-order valence-corrected chi connectivity index (χ1v) is 17.9. The number of piperidine rings is 1. The second-order valence-corrected chi connectivity index (χ2v) is 14.7. The number of nitrogens with one attached hydrogen (secondary N) is 2. The van der Waals surface area contributed by atoms with Gasteiger partial charge in [0.15, 0.2) is 0 Å². The quantitative estimate of drug-likeness (QED) is 0.0770. The highest BCUT2D eigenvalue weighted by molar-refractivity contribution is 6.36. The maximum Gasteiger partial charge on any atom is 0.138 e. The largest absolute Gasteiger partial charge is 0.486 e. The Labute approximate surface area is 315 Å². The average molecular weight is 737 g/mol. The summed E-state index contributed by atoms with van der Waals surface area (Å²) in [4.78, 5) is 11.3. The first-order valence-electron chi connectivity index (χ1n) is 17.2. The third kappa shape index (κ3) is 8.69. The van der Waals surface area contributed by atoms with E-state index in [0.717, 1.165) is 37.2 Å². The van der Waals surface area contributed by atoms with Gasteiger partial charge in [0.25, 0.3) is 0 Å². The van der Waals surface area contributed by atoms with Crippen molar-refractivity contribution in [3.8, 4) is 11.8 Å². The number of anilines is 3. The van der Waals surface area contributed by atoms with Crippen LogP contribution < -0.4 is 26.9 Å². The molecule has 2 aromatic heterocycles. The van der Waals surface area contributed by atoms with Crippen molar-refractivity contribution >= 4 is 51.2 Å². The standard InChI is InChI=1S/C40H43Cl2N9O/c1-40(2,3)50-17-14-31(15-18-50)51(45)24-35(44)38(26-9-5-4-6-10-26)49-30-19-32-37(27(22-43)23-47-39(32)34(42)21-30)48-28-12-13-36(33(41)20-28)52-25-29-11-7-8-16-46-29/h4-13,16,19-21,23-24,31,38,49H,14-15,17-18,25,44-45H2,1-3H3,(H,47,48)/b35-24-/t38-/m0/s1. The molecule has 1 aliphatic heterocycles. The molecule has 3 heterocycles. The number of nitrogens with zero attached hydrogens (tertiary/aromatic N) is 5. The fourth-order valence-electron chi connectivity index (χ4n) is 6.40. The molecule has 0 bridgehead atoms. The molecule has 1 aliphatic rings. The minimum absolute atomic E-state index is 0.120. The highest BCUT2D eigenvalue weighted by atomic mass is 35.5. The molecule has 0 aliphatic carbocycles. The van der Waals surface area contributed by atoms with Gasteiger partial charge >= 0.3 is 0 Å². The lowest BCUT2D eigenvalue weighted by Crippen LogP contribution is -2.51. The lowest BCUT2D eigenvalue weighted by molar-refractivity contribution is 0.0713. The van der Waals surface area contributed by atoms with Crippen LogP contribution in [0.1, 0.15) is 56.5 Å². The number of nitriles is 1. The number of benzene rings is 3. The summed E-state index contributed by atoms with van der Waals surface area (Å²) in [5.41, 5.74) is 12.0. The Morgan fingerprint density at radius 3 is 2.42 bits per heavy atom. The molecule has 3 aromatic carbocycles. The SMILES string of the molecule is CC(C)(C)N1CCC(N(N)/C=C(\N)[C@@H](Nc2cc(Cl)c3ncc(C#N)c(Nc4ccc(OCc5ccccn5)c(Cl)c4)c3c2)c2ccccc2)CC1.